The molecule has 0 aliphatic heterocycles. The quantitative estimate of drug-likeness (QED) is 0.708. The van der Waals surface area contributed by atoms with Crippen molar-refractivity contribution in [3.63, 3.8) is 0 Å². The number of amides is 1. The molecule has 0 unspecified atom stereocenters. The Morgan fingerprint density at radius 2 is 2.12 bits per heavy atom. The predicted octanol–water partition coefficient (Wildman–Crippen LogP) is 3.53. The molecule has 128 valence electrons. The largest absolute Gasteiger partial charge is 0.497 e. The number of carbonyl (C=O) groups is 1. The molecule has 0 radical (unpaired) electrons. The normalized spacial score (nSPS) is 10.3. The second kappa shape index (κ2) is 7.76. The Morgan fingerprint density at radius 1 is 1.24 bits per heavy atom. The predicted molar refractivity (Wildman–Crippen MR) is 98.5 cm³/mol. The van der Waals surface area contributed by atoms with Gasteiger partial charge < -0.3 is 15.4 Å². The molecule has 0 aliphatic carbocycles. The molecule has 0 aliphatic rings. The van der Waals surface area contributed by atoms with Gasteiger partial charge >= 0.3 is 0 Å². The third-order valence-corrected chi connectivity index (χ3v) is 4.56. The van der Waals surface area contributed by atoms with E-state index in [4.69, 9.17) is 4.74 Å². The summed E-state index contributed by atoms with van der Waals surface area (Å²) in [5.74, 6) is 1.31. The van der Waals surface area contributed by atoms with Crippen LogP contribution in [-0.4, -0.2) is 23.0 Å². The minimum absolute atomic E-state index is 0.146. The van der Waals surface area contributed by atoms with Gasteiger partial charge in [0.05, 0.1) is 12.8 Å². The minimum Gasteiger partial charge on any atom is -0.497 e. The van der Waals surface area contributed by atoms with Crippen LogP contribution < -0.4 is 15.4 Å². The lowest BCUT2D eigenvalue weighted by Crippen LogP contribution is -2.22. The molecule has 2 N–H and O–H groups in total. The minimum atomic E-state index is -0.146. The summed E-state index contributed by atoms with van der Waals surface area (Å²) in [6.45, 7) is 2.25. The fourth-order valence-corrected chi connectivity index (χ4v) is 3.14. The number of ether oxygens (including phenoxy) is 1. The Labute approximate surface area is 149 Å². The number of anilines is 2. The van der Waals surface area contributed by atoms with Gasteiger partial charge in [-0.05, 0) is 36.8 Å². The maximum absolute atomic E-state index is 12.4. The lowest BCUT2D eigenvalue weighted by molar-refractivity contribution is 0.0954. The molecule has 3 aromatic rings. The Bertz CT molecular complexity index is 865. The molecule has 1 amide bonds. The van der Waals surface area contributed by atoms with Crippen LogP contribution in [0.2, 0.25) is 0 Å². The SMILES string of the molecule is COc1cccc(CNC(=O)c2sc(Nc3ccccn3)nc2C)c1. The summed E-state index contributed by atoms with van der Waals surface area (Å²) in [5, 5.41) is 6.67. The number of aryl methyl sites for hydroxylation is 1. The Hall–Kier alpha value is -2.93. The van der Waals surface area contributed by atoms with Gasteiger partial charge in [0.25, 0.3) is 5.91 Å². The first-order chi connectivity index (χ1) is 12.2. The third kappa shape index (κ3) is 4.33. The van der Waals surface area contributed by atoms with Gasteiger partial charge in [0.1, 0.15) is 16.4 Å². The standard InChI is InChI=1S/C18H18N4O2S/c1-12-16(25-18(21-12)22-15-8-3-4-9-19-15)17(23)20-11-13-6-5-7-14(10-13)24-2/h3-10H,11H2,1-2H3,(H,20,23)(H,19,21,22). The van der Waals surface area contributed by atoms with Crippen LogP contribution in [0.4, 0.5) is 10.9 Å². The molecule has 0 bridgehead atoms. The number of hydrogen-bond acceptors (Lipinski definition) is 6. The highest BCUT2D eigenvalue weighted by Crippen LogP contribution is 2.25. The lowest BCUT2D eigenvalue weighted by atomic mass is 10.2. The van der Waals surface area contributed by atoms with Gasteiger partial charge in [-0.25, -0.2) is 9.97 Å². The number of carbonyl (C=O) groups excluding carboxylic acids is 1. The van der Waals surface area contributed by atoms with Crippen molar-refractivity contribution in [1.82, 2.24) is 15.3 Å². The van der Waals surface area contributed by atoms with Crippen LogP contribution in [0.5, 0.6) is 5.75 Å². The zero-order valence-electron chi connectivity index (χ0n) is 13.9. The van der Waals surface area contributed by atoms with Crippen molar-refractivity contribution in [3.8, 4) is 5.75 Å². The van der Waals surface area contributed by atoms with Gasteiger partial charge in [0, 0.05) is 12.7 Å². The van der Waals surface area contributed by atoms with Gasteiger partial charge in [0.15, 0.2) is 5.13 Å². The average Bonchev–Trinajstić information content (AvgIpc) is 3.01. The number of nitrogens with one attached hydrogen (secondary N) is 2. The van der Waals surface area contributed by atoms with Gasteiger partial charge in [-0.1, -0.05) is 29.5 Å². The van der Waals surface area contributed by atoms with Gasteiger partial charge in [-0.15, -0.1) is 0 Å². The van der Waals surface area contributed by atoms with E-state index in [1.54, 1.807) is 13.3 Å². The van der Waals surface area contributed by atoms with Crippen molar-refractivity contribution in [2.45, 2.75) is 13.5 Å². The summed E-state index contributed by atoms with van der Waals surface area (Å²) >= 11 is 1.31. The molecular formula is C18H18N4O2S. The van der Waals surface area contributed by atoms with Crippen molar-refractivity contribution in [1.29, 1.82) is 0 Å². The highest BCUT2D eigenvalue weighted by molar-refractivity contribution is 7.17. The lowest BCUT2D eigenvalue weighted by Gasteiger charge is -2.06. The summed E-state index contributed by atoms with van der Waals surface area (Å²) < 4.78 is 5.19. The van der Waals surface area contributed by atoms with Crippen LogP contribution in [0.1, 0.15) is 20.9 Å². The molecule has 0 spiro atoms. The number of methoxy groups -OCH3 is 1. The number of rotatable bonds is 6. The van der Waals surface area contributed by atoms with Crippen LogP contribution in [0.15, 0.2) is 48.7 Å². The summed E-state index contributed by atoms with van der Waals surface area (Å²) in [5.41, 5.74) is 1.66. The van der Waals surface area contributed by atoms with E-state index in [0.29, 0.717) is 28.1 Å². The zero-order valence-corrected chi connectivity index (χ0v) is 14.8. The van der Waals surface area contributed by atoms with Gasteiger partial charge in [-0.3, -0.25) is 4.79 Å². The van der Waals surface area contributed by atoms with Gasteiger partial charge in [-0.2, -0.15) is 0 Å². The van der Waals surface area contributed by atoms with E-state index in [0.717, 1.165) is 11.3 Å². The van der Waals surface area contributed by atoms with E-state index >= 15 is 0 Å². The molecule has 0 fully saturated rings. The molecule has 0 saturated carbocycles. The third-order valence-electron chi connectivity index (χ3n) is 3.49. The van der Waals surface area contributed by atoms with E-state index < -0.39 is 0 Å². The molecule has 0 atom stereocenters. The molecule has 1 aromatic carbocycles. The number of nitrogens with zero attached hydrogens (tertiary/aromatic N) is 2. The number of hydrogen-bond donors (Lipinski definition) is 2. The van der Waals surface area contributed by atoms with Crippen LogP contribution in [0.25, 0.3) is 0 Å². The maximum atomic E-state index is 12.4. The number of pyridine rings is 1. The first kappa shape index (κ1) is 16.9. The van der Waals surface area contributed by atoms with Crippen molar-refractivity contribution in [2.24, 2.45) is 0 Å². The Morgan fingerprint density at radius 3 is 2.88 bits per heavy atom. The van der Waals surface area contributed by atoms with Crippen molar-refractivity contribution < 1.29 is 9.53 Å². The monoisotopic (exact) mass is 354 g/mol. The second-order valence-corrected chi connectivity index (χ2v) is 6.31. The summed E-state index contributed by atoms with van der Waals surface area (Å²) in [7, 11) is 1.62. The molecule has 3 rings (SSSR count). The average molecular weight is 354 g/mol. The summed E-state index contributed by atoms with van der Waals surface area (Å²) in [6, 6.07) is 13.2. The van der Waals surface area contributed by atoms with E-state index in [-0.39, 0.29) is 5.91 Å². The zero-order chi connectivity index (χ0) is 17.6. The molecule has 6 nitrogen and oxygen atoms in total. The smallest absolute Gasteiger partial charge is 0.263 e. The van der Waals surface area contributed by atoms with Crippen LogP contribution >= 0.6 is 11.3 Å². The fourth-order valence-electron chi connectivity index (χ4n) is 2.25. The van der Waals surface area contributed by atoms with Crippen LogP contribution in [-0.2, 0) is 6.54 Å². The van der Waals surface area contributed by atoms with Crippen molar-refractivity contribution in [2.75, 3.05) is 12.4 Å². The van der Waals surface area contributed by atoms with E-state index in [9.17, 15) is 4.79 Å². The number of thiazole rings is 1. The van der Waals surface area contributed by atoms with Crippen LogP contribution in [0, 0.1) is 6.92 Å². The number of benzene rings is 1. The molecule has 0 saturated heterocycles. The van der Waals surface area contributed by atoms with Crippen molar-refractivity contribution in [3.05, 3.63) is 64.8 Å². The van der Waals surface area contributed by atoms with Gasteiger partial charge in [0.2, 0.25) is 0 Å². The molecule has 2 heterocycles. The maximum Gasteiger partial charge on any atom is 0.263 e. The second-order valence-electron chi connectivity index (χ2n) is 5.31. The summed E-state index contributed by atoms with van der Waals surface area (Å²) in [4.78, 5) is 21.6. The first-order valence-electron chi connectivity index (χ1n) is 7.72. The van der Waals surface area contributed by atoms with Crippen LogP contribution in [0.3, 0.4) is 0 Å². The van der Waals surface area contributed by atoms with E-state index in [1.807, 2.05) is 49.4 Å². The molecular weight excluding hydrogens is 336 g/mol. The van der Waals surface area contributed by atoms with Crippen molar-refractivity contribution >= 4 is 28.2 Å². The fraction of sp³-hybridized carbons (Fsp3) is 0.167. The topological polar surface area (TPSA) is 76.1 Å². The summed E-state index contributed by atoms with van der Waals surface area (Å²) in [6.07, 6.45) is 1.70. The number of aromatic nitrogens is 2. The molecule has 2 aromatic heterocycles. The molecule has 25 heavy (non-hydrogen) atoms. The Balaban J connectivity index is 1.65. The Kier molecular flexibility index (Phi) is 5.25. The first-order valence-corrected chi connectivity index (χ1v) is 8.54. The highest BCUT2D eigenvalue weighted by Gasteiger charge is 2.15. The highest BCUT2D eigenvalue weighted by atomic mass is 32.1. The van der Waals surface area contributed by atoms with E-state index in [2.05, 4.69) is 20.6 Å². The van der Waals surface area contributed by atoms with E-state index in [1.165, 1.54) is 11.3 Å². The molecule has 7 heteroatoms.